The fraction of sp³-hybridized carbons (Fsp3) is 0.421. The van der Waals surface area contributed by atoms with Crippen LogP contribution in [0.5, 0.6) is 0 Å². The second-order valence-corrected chi connectivity index (χ2v) is 6.68. The molecule has 5 heteroatoms. The number of hydrogen-bond donors (Lipinski definition) is 0. The largest absolute Gasteiger partial charge is 0.465 e. The van der Waals surface area contributed by atoms with Crippen molar-refractivity contribution >= 4 is 28.4 Å². The van der Waals surface area contributed by atoms with Crippen molar-refractivity contribution in [3.8, 4) is 0 Å². The molecule has 1 aromatic heterocycles. The molecular formula is C19H19NO4. The fourth-order valence-electron chi connectivity index (χ4n) is 4.36. The summed E-state index contributed by atoms with van der Waals surface area (Å²) < 4.78 is 7.28. The highest BCUT2D eigenvalue weighted by Crippen LogP contribution is 2.46. The first-order chi connectivity index (χ1) is 11.5. The molecular weight excluding hydrogens is 306 g/mol. The summed E-state index contributed by atoms with van der Waals surface area (Å²) in [6.07, 6.45) is 2.77. The van der Waals surface area contributed by atoms with Gasteiger partial charge in [-0.05, 0) is 37.0 Å². The van der Waals surface area contributed by atoms with Crippen molar-refractivity contribution in [2.24, 2.45) is 13.0 Å². The van der Waals surface area contributed by atoms with Crippen LogP contribution in [0.15, 0.2) is 24.4 Å². The van der Waals surface area contributed by atoms with E-state index < -0.39 is 17.3 Å². The average molecular weight is 325 g/mol. The van der Waals surface area contributed by atoms with E-state index in [9.17, 15) is 14.4 Å². The summed E-state index contributed by atoms with van der Waals surface area (Å²) in [5.74, 6) is -1.62. The fourth-order valence-corrected chi connectivity index (χ4v) is 4.36. The quantitative estimate of drug-likeness (QED) is 0.626. The molecule has 2 atom stereocenters. The number of Topliss-reactive ketones (excluding diaryl/α,β-unsaturated/α-hetero) is 2. The lowest BCUT2D eigenvalue weighted by molar-refractivity contribution is -0.158. The molecule has 124 valence electrons. The van der Waals surface area contributed by atoms with Crippen molar-refractivity contribution in [1.82, 2.24) is 4.57 Å². The Kier molecular flexibility index (Phi) is 3.17. The monoisotopic (exact) mass is 325 g/mol. The van der Waals surface area contributed by atoms with Gasteiger partial charge < -0.3 is 9.30 Å². The highest BCUT2D eigenvalue weighted by atomic mass is 16.5. The van der Waals surface area contributed by atoms with Crippen molar-refractivity contribution in [2.45, 2.75) is 31.6 Å². The smallest absolute Gasteiger partial charge is 0.324 e. The molecule has 2 aromatic rings. The topological polar surface area (TPSA) is 65.4 Å². The molecule has 0 amide bonds. The maximum atomic E-state index is 13.2. The lowest BCUT2D eigenvalue weighted by Crippen LogP contribution is -2.53. The Morgan fingerprint density at radius 1 is 1.38 bits per heavy atom. The number of ether oxygens (including phenoxy) is 1. The van der Waals surface area contributed by atoms with Gasteiger partial charge in [0.15, 0.2) is 11.2 Å². The molecule has 1 aromatic carbocycles. The van der Waals surface area contributed by atoms with Gasteiger partial charge in [-0.15, -0.1) is 0 Å². The molecule has 2 bridgehead atoms. The maximum absolute atomic E-state index is 13.2. The van der Waals surface area contributed by atoms with Crippen LogP contribution in [0, 0.1) is 5.92 Å². The van der Waals surface area contributed by atoms with Gasteiger partial charge in [0.25, 0.3) is 0 Å². The van der Waals surface area contributed by atoms with E-state index >= 15 is 0 Å². The Labute approximate surface area is 139 Å². The van der Waals surface area contributed by atoms with Crippen LogP contribution in [0.3, 0.4) is 0 Å². The minimum Gasteiger partial charge on any atom is -0.465 e. The number of fused-ring (bicyclic) bond motifs is 3. The number of ketones is 2. The number of hydrogen-bond acceptors (Lipinski definition) is 4. The predicted octanol–water partition coefficient (Wildman–Crippen LogP) is 2.08. The van der Waals surface area contributed by atoms with Gasteiger partial charge >= 0.3 is 5.97 Å². The van der Waals surface area contributed by atoms with E-state index in [1.54, 1.807) is 6.92 Å². The number of carbonyl (C=O) groups is 3. The van der Waals surface area contributed by atoms with E-state index in [4.69, 9.17) is 4.74 Å². The minimum atomic E-state index is -1.35. The highest BCUT2D eigenvalue weighted by molar-refractivity contribution is 6.22. The molecule has 0 aliphatic heterocycles. The van der Waals surface area contributed by atoms with Gasteiger partial charge in [-0.25, -0.2) is 0 Å². The second kappa shape index (κ2) is 5.03. The van der Waals surface area contributed by atoms with Crippen LogP contribution in [0.4, 0.5) is 0 Å². The number of aryl methyl sites for hydroxylation is 1. The zero-order chi connectivity index (χ0) is 17.1. The Balaban J connectivity index is 2.09. The maximum Gasteiger partial charge on any atom is 0.324 e. The van der Waals surface area contributed by atoms with Gasteiger partial charge in [0.05, 0.1) is 12.5 Å². The lowest BCUT2D eigenvalue weighted by Gasteiger charge is -2.35. The molecule has 0 radical (unpaired) electrons. The Bertz CT molecular complexity index is 894. The van der Waals surface area contributed by atoms with Crippen LogP contribution >= 0.6 is 0 Å². The molecule has 0 N–H and O–H groups in total. The normalized spacial score (nSPS) is 25.7. The third-order valence-corrected chi connectivity index (χ3v) is 5.47. The number of benzene rings is 1. The van der Waals surface area contributed by atoms with Gasteiger partial charge in [0, 0.05) is 30.6 Å². The second-order valence-electron chi connectivity index (χ2n) is 6.68. The molecule has 0 saturated heterocycles. The first kappa shape index (κ1) is 15.1. The summed E-state index contributed by atoms with van der Waals surface area (Å²) in [6, 6.07) is 5.69. The van der Waals surface area contributed by atoms with Crippen LogP contribution in [0.1, 0.15) is 30.9 Å². The predicted molar refractivity (Wildman–Crippen MR) is 87.7 cm³/mol. The van der Waals surface area contributed by atoms with Gasteiger partial charge in [0.1, 0.15) is 5.78 Å². The van der Waals surface area contributed by atoms with E-state index in [1.165, 1.54) is 0 Å². The number of nitrogens with zero attached hydrogens (tertiary/aromatic N) is 1. The summed E-state index contributed by atoms with van der Waals surface area (Å²) >= 11 is 0. The summed E-state index contributed by atoms with van der Waals surface area (Å²) in [6.45, 7) is 1.94. The van der Waals surface area contributed by atoms with Crippen LogP contribution in [0.25, 0.3) is 10.9 Å². The first-order valence-electron chi connectivity index (χ1n) is 8.32. The Morgan fingerprint density at radius 3 is 2.92 bits per heavy atom. The van der Waals surface area contributed by atoms with Crippen LogP contribution < -0.4 is 0 Å². The van der Waals surface area contributed by atoms with Crippen molar-refractivity contribution in [3.05, 3.63) is 35.5 Å². The van der Waals surface area contributed by atoms with Gasteiger partial charge in [-0.1, -0.05) is 12.1 Å². The standard InChI is InChI=1S/C19H19NO4/c1-3-24-18(23)19-8-7-15(21)12(17(19)22)9-11-10-20(2)14-6-4-5-13(19)16(11)14/h4-6,10,12H,3,7-9H2,1-2H3/t12-,19+/m1/s1. The van der Waals surface area contributed by atoms with Gasteiger partial charge in [-0.3, -0.25) is 14.4 Å². The Hall–Kier alpha value is -2.43. The van der Waals surface area contributed by atoms with Crippen LogP contribution in [-0.4, -0.2) is 28.7 Å². The van der Waals surface area contributed by atoms with E-state index in [1.807, 2.05) is 36.0 Å². The molecule has 0 unspecified atom stereocenters. The summed E-state index contributed by atoms with van der Waals surface area (Å²) in [4.78, 5) is 38.5. The number of rotatable bonds is 2. The molecule has 2 aliphatic carbocycles. The highest BCUT2D eigenvalue weighted by Gasteiger charge is 2.57. The number of aromatic nitrogens is 1. The third-order valence-electron chi connectivity index (χ3n) is 5.47. The third kappa shape index (κ3) is 1.72. The van der Waals surface area contributed by atoms with Crippen molar-refractivity contribution < 1.29 is 19.1 Å². The van der Waals surface area contributed by atoms with Crippen molar-refractivity contribution in [2.75, 3.05) is 6.61 Å². The summed E-state index contributed by atoms with van der Waals surface area (Å²) in [5, 5.41) is 0.929. The molecule has 1 heterocycles. The average Bonchev–Trinajstić information content (AvgIpc) is 2.85. The van der Waals surface area contributed by atoms with E-state index in [0.29, 0.717) is 12.0 Å². The number of carbonyl (C=O) groups excluding carboxylic acids is 3. The summed E-state index contributed by atoms with van der Waals surface area (Å²) in [7, 11) is 1.94. The van der Waals surface area contributed by atoms with Crippen LogP contribution in [0.2, 0.25) is 0 Å². The molecule has 1 fully saturated rings. The molecule has 2 aliphatic rings. The van der Waals surface area contributed by atoms with E-state index in [2.05, 4.69) is 0 Å². The molecule has 0 spiro atoms. The van der Waals surface area contributed by atoms with Crippen molar-refractivity contribution in [3.63, 3.8) is 0 Å². The number of esters is 1. The van der Waals surface area contributed by atoms with E-state index in [-0.39, 0.29) is 31.0 Å². The molecule has 5 nitrogen and oxygen atoms in total. The van der Waals surface area contributed by atoms with Crippen LogP contribution in [-0.2, 0) is 38.0 Å². The summed E-state index contributed by atoms with van der Waals surface area (Å²) in [5.41, 5.74) is 1.29. The first-order valence-corrected chi connectivity index (χ1v) is 8.32. The minimum absolute atomic E-state index is 0.0651. The molecule has 4 rings (SSSR count). The van der Waals surface area contributed by atoms with Crippen molar-refractivity contribution in [1.29, 1.82) is 0 Å². The SMILES string of the molecule is CCOC(=O)[C@@]12CCC(=O)[C@@H](Cc3cn(C)c4cccc1c34)C2=O. The Morgan fingerprint density at radius 2 is 2.17 bits per heavy atom. The zero-order valence-corrected chi connectivity index (χ0v) is 13.8. The molecule has 1 saturated carbocycles. The zero-order valence-electron chi connectivity index (χ0n) is 13.8. The molecule has 24 heavy (non-hydrogen) atoms. The van der Waals surface area contributed by atoms with E-state index in [0.717, 1.165) is 16.5 Å². The van der Waals surface area contributed by atoms with Gasteiger partial charge in [-0.2, -0.15) is 0 Å². The van der Waals surface area contributed by atoms with Gasteiger partial charge in [0.2, 0.25) is 0 Å². The lowest BCUT2D eigenvalue weighted by atomic mass is 9.64.